The van der Waals surface area contributed by atoms with Crippen molar-refractivity contribution < 1.29 is 18.3 Å². The number of H-pyrrole nitrogens is 1. The molecule has 1 aliphatic carbocycles. The zero-order chi connectivity index (χ0) is 14.4. The molecule has 0 saturated heterocycles. The highest BCUT2D eigenvalue weighted by Crippen LogP contribution is 2.48. The van der Waals surface area contributed by atoms with Crippen LogP contribution in [-0.2, 0) is 10.9 Å². The number of fused-ring (bicyclic) bond motifs is 1. The maximum atomic E-state index is 11.3. The Morgan fingerprint density at radius 3 is 2.65 bits per heavy atom. The summed E-state index contributed by atoms with van der Waals surface area (Å²) in [7, 11) is -2.88. The fourth-order valence-electron chi connectivity index (χ4n) is 2.44. The van der Waals surface area contributed by atoms with Crippen LogP contribution < -0.4 is 4.72 Å². The van der Waals surface area contributed by atoms with Crippen LogP contribution in [0.4, 0.5) is 5.69 Å². The topological polar surface area (TPSA) is 99.3 Å². The Bertz CT molecular complexity index is 784. The number of benzene rings is 1. The van der Waals surface area contributed by atoms with Crippen molar-refractivity contribution in [1.29, 1.82) is 0 Å². The van der Waals surface area contributed by atoms with Crippen LogP contribution in [0.5, 0.6) is 0 Å². The number of hydrogen-bond acceptors (Lipinski definition) is 3. The monoisotopic (exact) mass is 314 g/mol. The van der Waals surface area contributed by atoms with E-state index in [1.165, 1.54) is 6.07 Å². The van der Waals surface area contributed by atoms with E-state index in [9.17, 15) is 18.3 Å². The Morgan fingerprint density at radius 1 is 1.40 bits per heavy atom. The number of aromatic amines is 1. The molecule has 3 rings (SSSR count). The van der Waals surface area contributed by atoms with Crippen molar-refractivity contribution in [3.05, 3.63) is 28.4 Å². The van der Waals surface area contributed by atoms with Gasteiger partial charge in [0.25, 0.3) is 0 Å². The maximum absolute atomic E-state index is 11.3. The van der Waals surface area contributed by atoms with Gasteiger partial charge in [-0.2, -0.15) is 0 Å². The van der Waals surface area contributed by atoms with E-state index in [0.717, 1.165) is 12.8 Å². The molecule has 0 spiro atoms. The second kappa shape index (κ2) is 4.68. The minimum atomic E-state index is -2.88. The quantitative estimate of drug-likeness (QED) is 0.651. The van der Waals surface area contributed by atoms with E-state index in [-0.39, 0.29) is 22.3 Å². The fourth-order valence-corrected chi connectivity index (χ4v) is 3.12. The first-order valence-corrected chi connectivity index (χ1v) is 7.53. The van der Waals surface area contributed by atoms with E-state index < -0.39 is 16.9 Å². The average Bonchev–Trinajstić information content (AvgIpc) is 3.12. The van der Waals surface area contributed by atoms with Gasteiger partial charge in [-0.15, -0.1) is 0 Å². The summed E-state index contributed by atoms with van der Waals surface area (Å²) in [5.41, 5.74) is 1.54. The zero-order valence-corrected chi connectivity index (χ0v) is 11.8. The molecule has 2 aromatic rings. The van der Waals surface area contributed by atoms with Crippen molar-refractivity contribution in [2.24, 2.45) is 0 Å². The third-order valence-electron chi connectivity index (χ3n) is 3.36. The largest absolute Gasteiger partial charge is 0.477 e. The summed E-state index contributed by atoms with van der Waals surface area (Å²) < 4.78 is 24.2. The Balaban J connectivity index is 2.36. The first kappa shape index (κ1) is 13.3. The van der Waals surface area contributed by atoms with Gasteiger partial charge in [-0.3, -0.25) is 4.72 Å². The Kier molecular flexibility index (Phi) is 3.10. The summed E-state index contributed by atoms with van der Waals surface area (Å²) in [6.45, 7) is 0. The number of rotatable bonds is 4. The molecule has 0 bridgehead atoms. The van der Waals surface area contributed by atoms with E-state index in [4.69, 9.17) is 11.6 Å². The number of anilines is 1. The number of carbonyl (C=O) groups is 1. The van der Waals surface area contributed by atoms with Crippen molar-refractivity contribution >= 4 is 45.1 Å². The lowest BCUT2D eigenvalue weighted by Crippen LogP contribution is -2.01. The van der Waals surface area contributed by atoms with Gasteiger partial charge in [0.2, 0.25) is 10.9 Å². The molecule has 0 unspecified atom stereocenters. The molecule has 1 saturated carbocycles. The van der Waals surface area contributed by atoms with Gasteiger partial charge in [0, 0.05) is 10.9 Å². The fraction of sp³-hybridized carbons (Fsp3) is 0.250. The normalized spacial score (nSPS) is 14.9. The lowest BCUT2D eigenvalue weighted by atomic mass is 10.0. The first-order chi connectivity index (χ1) is 9.49. The minimum absolute atomic E-state index is 0.106. The molecule has 1 heterocycles. The molecule has 0 amide bonds. The Hall–Kier alpha value is -1.73. The van der Waals surface area contributed by atoms with E-state index >= 15 is 0 Å². The van der Waals surface area contributed by atoms with Gasteiger partial charge in [-0.25, -0.2) is 13.2 Å². The summed E-state index contributed by atoms with van der Waals surface area (Å²) in [6.07, 6.45) is 1.78. The van der Waals surface area contributed by atoms with Gasteiger partial charge in [0.15, 0.2) is 0 Å². The summed E-state index contributed by atoms with van der Waals surface area (Å²) in [4.78, 5) is 14.2. The number of aromatic carboxylic acids is 1. The van der Waals surface area contributed by atoms with Crippen molar-refractivity contribution in [2.75, 3.05) is 4.72 Å². The number of aromatic nitrogens is 1. The maximum Gasteiger partial charge on any atom is 0.352 e. The highest BCUT2D eigenvalue weighted by Gasteiger charge is 2.33. The minimum Gasteiger partial charge on any atom is -0.477 e. The third-order valence-corrected chi connectivity index (χ3v) is 4.08. The van der Waals surface area contributed by atoms with Crippen LogP contribution in [0.1, 0.15) is 34.8 Å². The first-order valence-electron chi connectivity index (χ1n) is 5.97. The molecule has 1 aromatic carbocycles. The number of carboxylic acid groups (broad SMARTS) is 1. The molecular weight excluding hydrogens is 304 g/mol. The average molecular weight is 315 g/mol. The Labute approximate surface area is 120 Å². The molecule has 1 aromatic heterocycles. The number of hydrogen-bond donors (Lipinski definition) is 4. The van der Waals surface area contributed by atoms with Gasteiger partial charge in [0.1, 0.15) is 5.69 Å². The molecule has 6 nitrogen and oxygen atoms in total. The van der Waals surface area contributed by atoms with Crippen LogP contribution >= 0.6 is 11.6 Å². The number of halogens is 1. The van der Waals surface area contributed by atoms with Crippen LogP contribution in [0.15, 0.2) is 12.1 Å². The molecule has 20 heavy (non-hydrogen) atoms. The summed E-state index contributed by atoms with van der Waals surface area (Å²) in [6, 6.07) is 3.18. The highest BCUT2D eigenvalue weighted by atomic mass is 35.5. The van der Waals surface area contributed by atoms with E-state index in [2.05, 4.69) is 9.71 Å². The molecule has 8 heteroatoms. The van der Waals surface area contributed by atoms with Gasteiger partial charge < -0.3 is 10.1 Å². The van der Waals surface area contributed by atoms with Crippen molar-refractivity contribution in [3.8, 4) is 0 Å². The van der Waals surface area contributed by atoms with Gasteiger partial charge in [-0.05, 0) is 36.5 Å². The number of carboxylic acids is 1. The van der Waals surface area contributed by atoms with Crippen molar-refractivity contribution in [1.82, 2.24) is 4.98 Å². The lowest BCUT2D eigenvalue weighted by molar-refractivity contribution is 0.0690. The van der Waals surface area contributed by atoms with Gasteiger partial charge in [-0.1, -0.05) is 11.6 Å². The third kappa shape index (κ3) is 2.12. The van der Waals surface area contributed by atoms with Gasteiger partial charge >= 0.3 is 5.97 Å². The smallest absolute Gasteiger partial charge is 0.352 e. The Morgan fingerprint density at radius 2 is 2.10 bits per heavy atom. The van der Waals surface area contributed by atoms with Crippen LogP contribution in [0.3, 0.4) is 0 Å². The van der Waals surface area contributed by atoms with Crippen molar-refractivity contribution in [2.45, 2.75) is 18.8 Å². The van der Waals surface area contributed by atoms with Gasteiger partial charge in [0.05, 0.1) is 10.7 Å². The van der Waals surface area contributed by atoms with E-state index in [1.807, 2.05) is 0 Å². The second-order valence-corrected chi connectivity index (χ2v) is 5.85. The molecular formula is C12H11ClN2O4S. The lowest BCUT2D eigenvalue weighted by Gasteiger charge is -2.07. The number of nitrogens with one attached hydrogen (secondary N) is 2. The molecule has 1 aliphatic rings. The molecule has 3 N–H and O–H groups in total. The zero-order valence-electron chi connectivity index (χ0n) is 10.1. The summed E-state index contributed by atoms with van der Waals surface area (Å²) >= 11 is 6.04. The van der Waals surface area contributed by atoms with E-state index in [1.54, 1.807) is 6.07 Å². The molecule has 0 radical (unpaired) electrons. The van der Waals surface area contributed by atoms with Crippen LogP contribution in [-0.4, -0.2) is 24.5 Å². The predicted molar refractivity (Wildman–Crippen MR) is 76.2 cm³/mol. The predicted octanol–water partition coefficient (Wildman–Crippen LogP) is 2.34. The molecule has 1 fully saturated rings. The van der Waals surface area contributed by atoms with Crippen LogP contribution in [0, 0.1) is 0 Å². The van der Waals surface area contributed by atoms with Crippen molar-refractivity contribution in [3.63, 3.8) is 0 Å². The number of thiol groups is 1. The standard InChI is InChI=1S/C12H11ClN2O4S/c13-6-3-4-7-9(10(6)15-20(18)19)8(5-1-2-5)11(14-7)12(16)17/h3-5,14,20H,1-2H2,(H,16,17)(H,15,18,19). The highest BCUT2D eigenvalue weighted by molar-refractivity contribution is 7.74. The molecule has 0 aliphatic heterocycles. The molecule has 106 valence electrons. The van der Waals surface area contributed by atoms with Crippen LogP contribution in [0.25, 0.3) is 10.9 Å². The summed E-state index contributed by atoms with van der Waals surface area (Å²) in [5.74, 6) is -0.921. The van der Waals surface area contributed by atoms with E-state index in [0.29, 0.717) is 16.5 Å². The summed E-state index contributed by atoms with van der Waals surface area (Å²) in [5, 5.41) is 10.1. The van der Waals surface area contributed by atoms with Crippen LogP contribution in [0.2, 0.25) is 5.02 Å². The molecule has 0 atom stereocenters. The second-order valence-electron chi connectivity index (χ2n) is 4.71. The SMILES string of the molecule is O=C(O)c1[nH]c2ccc(Cl)c(N[SH](=O)=O)c2c1C1CC1.